The Morgan fingerprint density at radius 1 is 1.03 bits per heavy atom. The molecule has 0 atom stereocenters. The second-order valence-corrected chi connectivity index (χ2v) is 11.9. The highest BCUT2D eigenvalue weighted by atomic mass is 32.2. The van der Waals surface area contributed by atoms with Gasteiger partial charge in [0.2, 0.25) is 15.9 Å². The minimum absolute atomic E-state index is 0.0238. The van der Waals surface area contributed by atoms with Gasteiger partial charge < -0.3 is 5.32 Å². The predicted molar refractivity (Wildman–Crippen MR) is 116 cm³/mol. The highest BCUT2D eigenvalue weighted by molar-refractivity contribution is 7.92. The smallest absolute Gasteiger partial charge is 0.232 e. The molecular weight excluding hydrogens is 384 g/mol. The Balaban J connectivity index is 1.36. The van der Waals surface area contributed by atoms with Gasteiger partial charge in [-0.05, 0) is 99.8 Å². The Morgan fingerprint density at radius 3 is 2.03 bits per heavy atom. The number of nitrogens with one attached hydrogen (secondary N) is 1. The third kappa shape index (κ3) is 4.62. The quantitative estimate of drug-likeness (QED) is 0.729. The topological polar surface area (TPSA) is 66.5 Å². The van der Waals surface area contributed by atoms with Crippen molar-refractivity contribution in [1.29, 1.82) is 0 Å². The molecule has 0 aromatic heterocycles. The van der Waals surface area contributed by atoms with Crippen LogP contribution in [0.3, 0.4) is 0 Å². The predicted octanol–water partition coefficient (Wildman–Crippen LogP) is 3.93. The largest absolute Gasteiger partial charge is 0.351 e. The zero-order valence-electron chi connectivity index (χ0n) is 17.9. The maximum Gasteiger partial charge on any atom is 0.232 e. The Kier molecular flexibility index (Phi) is 5.43. The van der Waals surface area contributed by atoms with E-state index in [0.717, 1.165) is 48.1 Å². The lowest BCUT2D eigenvalue weighted by Gasteiger charge is -2.56. The molecule has 6 heteroatoms. The number of anilines is 1. The molecule has 1 aromatic rings. The molecule has 4 aliphatic rings. The molecule has 160 valence electrons. The van der Waals surface area contributed by atoms with Crippen LogP contribution in [0.2, 0.25) is 0 Å². The van der Waals surface area contributed by atoms with E-state index in [-0.39, 0.29) is 11.4 Å². The van der Waals surface area contributed by atoms with Crippen molar-refractivity contribution in [2.24, 2.45) is 17.8 Å². The summed E-state index contributed by atoms with van der Waals surface area (Å²) < 4.78 is 26.1. The lowest BCUT2D eigenvalue weighted by molar-refractivity contribution is -0.126. The first-order valence-corrected chi connectivity index (χ1v) is 12.8. The van der Waals surface area contributed by atoms with Crippen molar-refractivity contribution in [2.45, 2.75) is 70.8 Å². The summed E-state index contributed by atoms with van der Waals surface area (Å²) in [5.74, 6) is 2.48. The van der Waals surface area contributed by atoms with Crippen LogP contribution in [0.5, 0.6) is 0 Å². The number of aryl methyl sites for hydroxylation is 2. The van der Waals surface area contributed by atoms with Crippen molar-refractivity contribution in [3.05, 3.63) is 29.3 Å². The van der Waals surface area contributed by atoms with Crippen molar-refractivity contribution in [3.63, 3.8) is 0 Å². The minimum Gasteiger partial charge on any atom is -0.351 e. The van der Waals surface area contributed by atoms with Gasteiger partial charge in [0.1, 0.15) is 0 Å². The summed E-state index contributed by atoms with van der Waals surface area (Å²) in [7, 11) is -3.39. The number of hydrogen-bond donors (Lipinski definition) is 1. The molecule has 0 aliphatic heterocycles. The normalized spacial score (nSPS) is 30.4. The van der Waals surface area contributed by atoms with Gasteiger partial charge in [0.05, 0.1) is 11.9 Å². The van der Waals surface area contributed by atoms with Crippen molar-refractivity contribution in [1.82, 2.24) is 5.32 Å². The molecule has 4 bridgehead atoms. The van der Waals surface area contributed by atoms with Crippen LogP contribution in [-0.4, -0.2) is 32.7 Å². The van der Waals surface area contributed by atoms with Gasteiger partial charge in [-0.3, -0.25) is 9.10 Å². The molecule has 4 saturated carbocycles. The lowest BCUT2D eigenvalue weighted by atomic mass is 9.53. The highest BCUT2D eigenvalue weighted by Crippen LogP contribution is 2.55. The van der Waals surface area contributed by atoms with Crippen LogP contribution in [0.1, 0.15) is 62.5 Å². The molecular formula is C23H34N2O3S. The summed E-state index contributed by atoms with van der Waals surface area (Å²) in [5, 5.41) is 3.39. The van der Waals surface area contributed by atoms with Crippen LogP contribution in [0.4, 0.5) is 5.69 Å². The minimum atomic E-state index is -3.39. The molecule has 1 aromatic carbocycles. The molecule has 4 fully saturated rings. The summed E-state index contributed by atoms with van der Waals surface area (Å²) in [4.78, 5) is 12.7. The molecule has 0 saturated heterocycles. The van der Waals surface area contributed by atoms with E-state index in [1.54, 1.807) is 0 Å². The standard InChI is InChI=1S/C23H34N2O3S/c1-16-7-17(2)9-21(8-16)25(29(3,27)28)6-4-5-22(26)24-23-13-18-10-19(14-23)12-20(11-18)15-23/h7-9,18-20H,4-6,10-15H2,1-3H3,(H,24,26). The Bertz CT molecular complexity index is 838. The molecule has 1 N–H and O–H groups in total. The molecule has 5 rings (SSSR count). The van der Waals surface area contributed by atoms with E-state index in [2.05, 4.69) is 5.32 Å². The first kappa shape index (κ1) is 20.7. The molecule has 29 heavy (non-hydrogen) atoms. The fourth-order valence-corrected chi connectivity index (χ4v) is 7.54. The Hall–Kier alpha value is -1.56. The average molecular weight is 419 g/mol. The molecule has 0 radical (unpaired) electrons. The van der Waals surface area contributed by atoms with E-state index in [0.29, 0.717) is 25.1 Å². The third-order valence-corrected chi connectivity index (χ3v) is 8.30. The van der Waals surface area contributed by atoms with Gasteiger partial charge in [0, 0.05) is 18.5 Å². The van der Waals surface area contributed by atoms with E-state index < -0.39 is 10.0 Å². The van der Waals surface area contributed by atoms with Crippen LogP contribution >= 0.6 is 0 Å². The van der Waals surface area contributed by atoms with E-state index in [9.17, 15) is 13.2 Å². The van der Waals surface area contributed by atoms with Crippen LogP contribution < -0.4 is 9.62 Å². The number of amides is 1. The second-order valence-electron chi connectivity index (χ2n) is 10.0. The maximum absolute atomic E-state index is 12.7. The van der Waals surface area contributed by atoms with Gasteiger partial charge in [-0.1, -0.05) is 6.07 Å². The third-order valence-electron chi connectivity index (χ3n) is 7.10. The zero-order chi connectivity index (χ0) is 20.8. The lowest BCUT2D eigenvalue weighted by Crippen LogP contribution is -2.59. The molecule has 0 heterocycles. The van der Waals surface area contributed by atoms with Crippen LogP contribution in [0, 0.1) is 31.6 Å². The number of benzene rings is 1. The first-order valence-electron chi connectivity index (χ1n) is 11.0. The van der Waals surface area contributed by atoms with Crippen molar-refractivity contribution >= 4 is 21.6 Å². The number of carbonyl (C=O) groups excluding carboxylic acids is 1. The first-order chi connectivity index (χ1) is 13.6. The Labute approximate surface area is 175 Å². The Morgan fingerprint density at radius 2 is 1.55 bits per heavy atom. The SMILES string of the molecule is Cc1cc(C)cc(N(CCCC(=O)NC23CC4CC(CC(C4)C2)C3)S(C)(=O)=O)c1. The maximum atomic E-state index is 12.7. The number of hydrogen-bond acceptors (Lipinski definition) is 3. The van der Waals surface area contributed by atoms with Crippen molar-refractivity contribution in [2.75, 3.05) is 17.1 Å². The fourth-order valence-electron chi connectivity index (χ4n) is 6.59. The monoisotopic (exact) mass is 418 g/mol. The molecule has 1 amide bonds. The van der Waals surface area contributed by atoms with Gasteiger partial charge >= 0.3 is 0 Å². The van der Waals surface area contributed by atoms with Crippen molar-refractivity contribution < 1.29 is 13.2 Å². The molecule has 0 unspecified atom stereocenters. The molecule has 0 spiro atoms. The van der Waals surface area contributed by atoms with Gasteiger partial charge in [0.25, 0.3) is 0 Å². The van der Waals surface area contributed by atoms with Gasteiger partial charge in [0.15, 0.2) is 0 Å². The van der Waals surface area contributed by atoms with Gasteiger partial charge in [-0.15, -0.1) is 0 Å². The molecule has 4 aliphatic carbocycles. The molecule has 5 nitrogen and oxygen atoms in total. The number of carbonyl (C=O) groups is 1. The summed E-state index contributed by atoms with van der Waals surface area (Å²) in [5.41, 5.74) is 2.78. The van der Waals surface area contributed by atoms with E-state index in [1.807, 2.05) is 32.0 Å². The van der Waals surface area contributed by atoms with Crippen LogP contribution in [0.15, 0.2) is 18.2 Å². The van der Waals surface area contributed by atoms with Crippen molar-refractivity contribution in [3.8, 4) is 0 Å². The van der Waals surface area contributed by atoms with E-state index >= 15 is 0 Å². The number of sulfonamides is 1. The number of nitrogens with zero attached hydrogens (tertiary/aromatic N) is 1. The van der Waals surface area contributed by atoms with Gasteiger partial charge in [-0.25, -0.2) is 8.42 Å². The highest BCUT2D eigenvalue weighted by Gasteiger charge is 2.51. The van der Waals surface area contributed by atoms with E-state index in [4.69, 9.17) is 0 Å². The van der Waals surface area contributed by atoms with Crippen LogP contribution in [-0.2, 0) is 14.8 Å². The summed E-state index contributed by atoms with van der Waals surface area (Å²) in [6, 6.07) is 5.82. The number of rotatable bonds is 7. The van der Waals surface area contributed by atoms with E-state index in [1.165, 1.54) is 29.8 Å². The summed E-state index contributed by atoms with van der Waals surface area (Å²) in [6.45, 7) is 4.27. The van der Waals surface area contributed by atoms with Crippen LogP contribution in [0.25, 0.3) is 0 Å². The zero-order valence-corrected chi connectivity index (χ0v) is 18.7. The average Bonchev–Trinajstić information content (AvgIpc) is 2.54. The summed E-state index contributed by atoms with van der Waals surface area (Å²) in [6.07, 6.45) is 9.63. The van der Waals surface area contributed by atoms with Gasteiger partial charge in [-0.2, -0.15) is 0 Å². The summed E-state index contributed by atoms with van der Waals surface area (Å²) >= 11 is 0. The second kappa shape index (κ2) is 7.60. The fraction of sp³-hybridized carbons (Fsp3) is 0.696.